The fourth-order valence-corrected chi connectivity index (χ4v) is 3.07. The van der Waals surface area contributed by atoms with Gasteiger partial charge in [0.1, 0.15) is 11.8 Å². The Balaban J connectivity index is 2.16. The summed E-state index contributed by atoms with van der Waals surface area (Å²) in [7, 11) is 0. The maximum atomic E-state index is 13.0. The number of aryl methyl sites for hydroxylation is 3. The van der Waals surface area contributed by atoms with Gasteiger partial charge in [0.15, 0.2) is 6.61 Å². The van der Waals surface area contributed by atoms with Crippen LogP contribution in [0, 0.1) is 20.8 Å². The van der Waals surface area contributed by atoms with Crippen molar-refractivity contribution in [3.8, 4) is 5.75 Å². The largest absolute Gasteiger partial charge is 0.483 e. The molecule has 2 aromatic rings. The van der Waals surface area contributed by atoms with Crippen LogP contribution in [0.15, 0.2) is 42.5 Å². The van der Waals surface area contributed by atoms with Gasteiger partial charge >= 0.3 is 0 Å². The number of carbonyl (C=O) groups is 2. The second-order valence-corrected chi connectivity index (χ2v) is 7.54. The highest BCUT2D eigenvalue weighted by molar-refractivity contribution is 5.87. The first-order valence-electron chi connectivity index (χ1n) is 10.1. The minimum atomic E-state index is -0.586. The Morgan fingerprint density at radius 3 is 2.48 bits per heavy atom. The standard InChI is InChI=1S/C24H32N2O3/c1-6-12-25-24(28)20(5)26(15-21-9-7-8-17(2)13-21)23(27)16-29-22-14-18(3)10-11-19(22)4/h7-11,13-14,20H,6,12,15-16H2,1-5H3,(H,25,28)/t20-/m1/s1. The van der Waals surface area contributed by atoms with Gasteiger partial charge in [-0.3, -0.25) is 9.59 Å². The van der Waals surface area contributed by atoms with Gasteiger partial charge in [0.05, 0.1) is 0 Å². The molecule has 1 atom stereocenters. The molecular weight excluding hydrogens is 364 g/mol. The van der Waals surface area contributed by atoms with E-state index < -0.39 is 6.04 Å². The van der Waals surface area contributed by atoms with Crippen molar-refractivity contribution in [3.05, 3.63) is 64.7 Å². The first-order chi connectivity index (χ1) is 13.8. The number of nitrogens with one attached hydrogen (secondary N) is 1. The van der Waals surface area contributed by atoms with Crippen LogP contribution >= 0.6 is 0 Å². The molecule has 0 aromatic heterocycles. The van der Waals surface area contributed by atoms with E-state index in [0.717, 1.165) is 28.7 Å². The number of rotatable bonds is 9. The van der Waals surface area contributed by atoms with Crippen LogP contribution in [0.25, 0.3) is 0 Å². The van der Waals surface area contributed by atoms with Crippen LogP contribution < -0.4 is 10.1 Å². The Morgan fingerprint density at radius 2 is 1.79 bits per heavy atom. The molecule has 2 aromatic carbocycles. The lowest BCUT2D eigenvalue weighted by Crippen LogP contribution is -2.49. The summed E-state index contributed by atoms with van der Waals surface area (Å²) in [5.74, 6) is 0.322. The van der Waals surface area contributed by atoms with Gasteiger partial charge in [0.2, 0.25) is 5.91 Å². The van der Waals surface area contributed by atoms with Crippen molar-refractivity contribution in [1.29, 1.82) is 0 Å². The molecule has 156 valence electrons. The van der Waals surface area contributed by atoms with E-state index in [9.17, 15) is 9.59 Å². The minimum absolute atomic E-state index is 0.110. The molecule has 29 heavy (non-hydrogen) atoms. The highest BCUT2D eigenvalue weighted by Gasteiger charge is 2.26. The third-order valence-corrected chi connectivity index (χ3v) is 4.85. The molecule has 0 aliphatic rings. The summed E-state index contributed by atoms with van der Waals surface area (Å²) in [6.45, 7) is 10.5. The molecular formula is C24H32N2O3. The van der Waals surface area contributed by atoms with Crippen LogP contribution in [0.2, 0.25) is 0 Å². The lowest BCUT2D eigenvalue weighted by atomic mass is 10.1. The molecule has 0 heterocycles. The molecule has 2 rings (SSSR count). The summed E-state index contributed by atoms with van der Waals surface area (Å²) in [4.78, 5) is 27.2. The Labute approximate surface area is 174 Å². The molecule has 0 aliphatic heterocycles. The molecule has 5 nitrogen and oxygen atoms in total. The molecule has 0 saturated carbocycles. The fourth-order valence-electron chi connectivity index (χ4n) is 3.07. The second-order valence-electron chi connectivity index (χ2n) is 7.54. The predicted octanol–water partition coefficient (Wildman–Crippen LogP) is 3.93. The molecule has 0 fully saturated rings. The van der Waals surface area contributed by atoms with E-state index >= 15 is 0 Å². The molecule has 0 bridgehead atoms. The molecule has 0 spiro atoms. The van der Waals surface area contributed by atoms with Gasteiger partial charge in [-0.15, -0.1) is 0 Å². The van der Waals surface area contributed by atoms with Gasteiger partial charge in [0.25, 0.3) is 5.91 Å². The van der Waals surface area contributed by atoms with E-state index in [1.54, 1.807) is 11.8 Å². The molecule has 0 saturated heterocycles. The van der Waals surface area contributed by atoms with Crippen molar-refractivity contribution < 1.29 is 14.3 Å². The molecule has 0 unspecified atom stereocenters. The number of benzene rings is 2. The molecule has 0 aliphatic carbocycles. The molecule has 2 amide bonds. The Morgan fingerprint density at radius 1 is 1.07 bits per heavy atom. The number of hydrogen-bond donors (Lipinski definition) is 1. The third kappa shape index (κ3) is 6.63. The lowest BCUT2D eigenvalue weighted by molar-refractivity contribution is -0.142. The summed E-state index contributed by atoms with van der Waals surface area (Å²) >= 11 is 0. The van der Waals surface area contributed by atoms with Gasteiger partial charge in [-0.25, -0.2) is 0 Å². The highest BCUT2D eigenvalue weighted by Crippen LogP contribution is 2.19. The third-order valence-electron chi connectivity index (χ3n) is 4.85. The molecule has 5 heteroatoms. The van der Waals surface area contributed by atoms with Crippen molar-refractivity contribution >= 4 is 11.8 Å². The first kappa shape index (κ1) is 22.5. The van der Waals surface area contributed by atoms with Gasteiger partial charge < -0.3 is 15.0 Å². The van der Waals surface area contributed by atoms with Crippen LogP contribution in [0.1, 0.15) is 42.5 Å². The number of ether oxygens (including phenoxy) is 1. The van der Waals surface area contributed by atoms with E-state index in [1.807, 2.05) is 70.2 Å². The van der Waals surface area contributed by atoms with Crippen LogP contribution in [0.3, 0.4) is 0 Å². The van der Waals surface area contributed by atoms with Gasteiger partial charge in [-0.2, -0.15) is 0 Å². The minimum Gasteiger partial charge on any atom is -0.483 e. The SMILES string of the molecule is CCCNC(=O)[C@@H](C)N(Cc1cccc(C)c1)C(=O)COc1cc(C)ccc1C. The predicted molar refractivity (Wildman–Crippen MR) is 116 cm³/mol. The quantitative estimate of drug-likeness (QED) is 0.699. The zero-order chi connectivity index (χ0) is 21.4. The summed E-state index contributed by atoms with van der Waals surface area (Å²) in [6.07, 6.45) is 0.847. The summed E-state index contributed by atoms with van der Waals surface area (Å²) < 4.78 is 5.81. The Bertz CT molecular complexity index is 848. The maximum absolute atomic E-state index is 13.0. The fraction of sp³-hybridized carbons (Fsp3) is 0.417. The van der Waals surface area contributed by atoms with E-state index in [1.165, 1.54) is 0 Å². The maximum Gasteiger partial charge on any atom is 0.261 e. The van der Waals surface area contributed by atoms with Gasteiger partial charge in [0, 0.05) is 13.1 Å². The summed E-state index contributed by atoms with van der Waals surface area (Å²) in [5.41, 5.74) is 4.15. The Kier molecular flexibility index (Phi) is 8.25. The van der Waals surface area contributed by atoms with E-state index in [2.05, 4.69) is 5.32 Å². The topological polar surface area (TPSA) is 58.6 Å². The molecule has 0 radical (unpaired) electrons. The Hall–Kier alpha value is -2.82. The van der Waals surface area contributed by atoms with Crippen molar-refractivity contribution in [2.75, 3.05) is 13.2 Å². The second kappa shape index (κ2) is 10.6. The molecule has 1 N–H and O–H groups in total. The first-order valence-corrected chi connectivity index (χ1v) is 10.1. The van der Waals surface area contributed by atoms with Crippen LogP contribution in [0.5, 0.6) is 5.75 Å². The monoisotopic (exact) mass is 396 g/mol. The lowest BCUT2D eigenvalue weighted by Gasteiger charge is -2.29. The van der Waals surface area contributed by atoms with Crippen molar-refractivity contribution in [2.24, 2.45) is 0 Å². The number of carbonyl (C=O) groups excluding carboxylic acids is 2. The average molecular weight is 397 g/mol. The number of hydrogen-bond acceptors (Lipinski definition) is 3. The number of nitrogens with zero attached hydrogens (tertiary/aromatic N) is 1. The van der Waals surface area contributed by atoms with Crippen molar-refractivity contribution in [3.63, 3.8) is 0 Å². The van der Waals surface area contributed by atoms with E-state index in [4.69, 9.17) is 4.74 Å². The van der Waals surface area contributed by atoms with Crippen LogP contribution in [-0.4, -0.2) is 35.9 Å². The average Bonchev–Trinajstić information content (AvgIpc) is 2.70. The number of amides is 2. The highest BCUT2D eigenvalue weighted by atomic mass is 16.5. The summed E-state index contributed by atoms with van der Waals surface area (Å²) in [6, 6.07) is 13.3. The van der Waals surface area contributed by atoms with Gasteiger partial charge in [-0.1, -0.05) is 48.9 Å². The zero-order valence-corrected chi connectivity index (χ0v) is 18.1. The van der Waals surface area contributed by atoms with Gasteiger partial charge in [-0.05, 0) is 56.9 Å². The smallest absolute Gasteiger partial charge is 0.261 e. The normalized spacial score (nSPS) is 11.6. The van der Waals surface area contributed by atoms with E-state index in [0.29, 0.717) is 18.8 Å². The summed E-state index contributed by atoms with van der Waals surface area (Å²) in [5, 5.41) is 2.88. The van der Waals surface area contributed by atoms with Crippen LogP contribution in [-0.2, 0) is 16.1 Å². The van der Waals surface area contributed by atoms with Crippen molar-refractivity contribution in [2.45, 2.75) is 53.6 Å². The zero-order valence-electron chi connectivity index (χ0n) is 18.1. The van der Waals surface area contributed by atoms with Crippen molar-refractivity contribution in [1.82, 2.24) is 10.2 Å². The van der Waals surface area contributed by atoms with Crippen LogP contribution in [0.4, 0.5) is 0 Å². The van der Waals surface area contributed by atoms with E-state index in [-0.39, 0.29) is 18.4 Å².